The van der Waals surface area contributed by atoms with Gasteiger partial charge in [0.2, 0.25) is 5.78 Å². The van der Waals surface area contributed by atoms with Crippen molar-refractivity contribution < 1.29 is 19.1 Å². The summed E-state index contributed by atoms with van der Waals surface area (Å²) in [7, 11) is 1.63. The van der Waals surface area contributed by atoms with Crippen LogP contribution in [0.5, 0.6) is 5.75 Å². The first-order valence-corrected chi connectivity index (χ1v) is 11.4. The molecular formula is C27H21NO4S. The molecule has 0 saturated heterocycles. The Hall–Kier alpha value is -3.90. The van der Waals surface area contributed by atoms with E-state index in [1.54, 1.807) is 24.5 Å². The van der Waals surface area contributed by atoms with Crippen molar-refractivity contribution in [3.8, 4) is 16.2 Å². The maximum absolute atomic E-state index is 13.6. The number of thiophene rings is 1. The Balaban J connectivity index is 1.61. The Kier molecular flexibility index (Phi) is 5.44. The van der Waals surface area contributed by atoms with E-state index in [1.165, 1.54) is 11.3 Å². The third kappa shape index (κ3) is 3.68. The normalized spacial score (nSPS) is 11.1. The summed E-state index contributed by atoms with van der Waals surface area (Å²) in [6, 6.07) is 22.9. The van der Waals surface area contributed by atoms with Gasteiger partial charge in [-0.15, -0.1) is 11.3 Å². The zero-order valence-electron chi connectivity index (χ0n) is 18.2. The lowest BCUT2D eigenvalue weighted by molar-refractivity contribution is 0.0529. The number of esters is 1. The van der Waals surface area contributed by atoms with Crippen molar-refractivity contribution in [3.63, 3.8) is 0 Å². The lowest BCUT2D eigenvalue weighted by Gasteiger charge is -2.06. The van der Waals surface area contributed by atoms with Crippen LogP contribution >= 0.6 is 11.3 Å². The monoisotopic (exact) mass is 455 g/mol. The number of rotatable bonds is 6. The van der Waals surface area contributed by atoms with Gasteiger partial charge in [0.25, 0.3) is 0 Å². The fourth-order valence-corrected chi connectivity index (χ4v) is 4.96. The first-order valence-electron chi connectivity index (χ1n) is 10.6. The Labute approximate surface area is 194 Å². The molecule has 0 amide bonds. The van der Waals surface area contributed by atoms with Crippen LogP contribution in [0, 0.1) is 0 Å². The predicted octanol–water partition coefficient (Wildman–Crippen LogP) is 6.24. The zero-order valence-corrected chi connectivity index (χ0v) is 19.0. The highest BCUT2D eigenvalue weighted by Gasteiger charge is 2.24. The van der Waals surface area contributed by atoms with Gasteiger partial charge in [0.05, 0.1) is 35.4 Å². The number of carbonyl (C=O) groups excluding carboxylic acids is 2. The Morgan fingerprint density at radius 3 is 2.52 bits per heavy atom. The Bertz CT molecular complexity index is 1490. The maximum Gasteiger partial charge on any atom is 0.340 e. The highest BCUT2D eigenvalue weighted by atomic mass is 32.1. The molecule has 6 heteroatoms. The smallest absolute Gasteiger partial charge is 0.340 e. The second-order valence-corrected chi connectivity index (χ2v) is 8.59. The van der Waals surface area contributed by atoms with Gasteiger partial charge in [-0.05, 0) is 66.4 Å². The summed E-state index contributed by atoms with van der Waals surface area (Å²) < 4.78 is 12.3. The molecule has 3 heterocycles. The Morgan fingerprint density at radius 2 is 1.76 bits per heavy atom. The minimum Gasteiger partial charge on any atom is -0.497 e. The molecule has 0 aliphatic heterocycles. The molecule has 0 unspecified atom stereocenters. The Morgan fingerprint density at radius 1 is 0.970 bits per heavy atom. The molecule has 0 aliphatic carbocycles. The maximum atomic E-state index is 13.6. The average molecular weight is 456 g/mol. The summed E-state index contributed by atoms with van der Waals surface area (Å²) >= 11 is 1.42. The summed E-state index contributed by atoms with van der Waals surface area (Å²) in [6.45, 7) is 2.03. The molecule has 33 heavy (non-hydrogen) atoms. The van der Waals surface area contributed by atoms with Crippen molar-refractivity contribution in [2.75, 3.05) is 13.7 Å². The zero-order chi connectivity index (χ0) is 22.9. The summed E-state index contributed by atoms with van der Waals surface area (Å²) in [4.78, 5) is 27.9. The number of ether oxygens (including phenoxy) is 2. The molecule has 0 spiro atoms. The number of hydrogen-bond acceptors (Lipinski definition) is 5. The van der Waals surface area contributed by atoms with Gasteiger partial charge >= 0.3 is 5.97 Å². The van der Waals surface area contributed by atoms with Gasteiger partial charge in [0.1, 0.15) is 5.75 Å². The average Bonchev–Trinajstić information content (AvgIpc) is 3.50. The number of aromatic nitrogens is 1. The van der Waals surface area contributed by atoms with Crippen LogP contribution in [0.15, 0.2) is 79.0 Å². The second-order valence-electron chi connectivity index (χ2n) is 7.51. The highest BCUT2D eigenvalue weighted by Crippen LogP contribution is 2.33. The summed E-state index contributed by atoms with van der Waals surface area (Å²) in [5, 5.41) is 1.89. The van der Waals surface area contributed by atoms with Gasteiger partial charge in [0.15, 0.2) is 0 Å². The van der Waals surface area contributed by atoms with Crippen LogP contribution in [0.2, 0.25) is 0 Å². The number of carbonyl (C=O) groups is 2. The first kappa shape index (κ1) is 21.0. The number of hydrogen-bond donors (Lipinski definition) is 0. The molecule has 0 saturated carbocycles. The van der Waals surface area contributed by atoms with Crippen molar-refractivity contribution in [3.05, 3.63) is 95.1 Å². The number of benzene rings is 2. The van der Waals surface area contributed by atoms with E-state index in [2.05, 4.69) is 0 Å². The molecule has 5 aromatic rings. The van der Waals surface area contributed by atoms with E-state index < -0.39 is 5.97 Å². The molecular weight excluding hydrogens is 434 g/mol. The van der Waals surface area contributed by atoms with E-state index in [-0.39, 0.29) is 12.4 Å². The molecule has 5 rings (SSSR count). The van der Waals surface area contributed by atoms with Crippen molar-refractivity contribution in [2.45, 2.75) is 6.92 Å². The number of nitrogens with zero attached hydrogens (tertiary/aromatic N) is 1. The van der Waals surface area contributed by atoms with Gasteiger partial charge in [-0.1, -0.05) is 24.3 Å². The largest absolute Gasteiger partial charge is 0.497 e. The van der Waals surface area contributed by atoms with E-state index in [0.717, 1.165) is 27.0 Å². The SMILES string of the molecule is CCOC(=O)c1cc(C(=O)c2ccc(-c3ccc(OC)cc3)s2)n2ccc3ccccc3c12. The van der Waals surface area contributed by atoms with E-state index in [4.69, 9.17) is 9.47 Å². The van der Waals surface area contributed by atoms with E-state index in [0.29, 0.717) is 21.7 Å². The molecule has 0 fully saturated rings. The highest BCUT2D eigenvalue weighted by molar-refractivity contribution is 7.17. The molecule has 164 valence electrons. The van der Waals surface area contributed by atoms with Crippen LogP contribution in [0.25, 0.3) is 26.7 Å². The van der Waals surface area contributed by atoms with Gasteiger partial charge in [0, 0.05) is 16.5 Å². The number of fused-ring (bicyclic) bond motifs is 3. The van der Waals surface area contributed by atoms with Crippen LogP contribution in [-0.2, 0) is 4.74 Å². The number of pyridine rings is 1. The van der Waals surface area contributed by atoms with Gasteiger partial charge in [-0.3, -0.25) is 4.79 Å². The third-order valence-corrected chi connectivity index (χ3v) is 6.72. The molecule has 3 aromatic heterocycles. The summed E-state index contributed by atoms with van der Waals surface area (Å²) in [5.74, 6) is 0.209. The van der Waals surface area contributed by atoms with Gasteiger partial charge in [-0.2, -0.15) is 0 Å². The van der Waals surface area contributed by atoms with Crippen molar-refractivity contribution >= 4 is 39.4 Å². The van der Waals surface area contributed by atoms with Crippen LogP contribution in [0.3, 0.4) is 0 Å². The van der Waals surface area contributed by atoms with Crippen LogP contribution in [0.4, 0.5) is 0 Å². The lowest BCUT2D eigenvalue weighted by Crippen LogP contribution is -2.04. The molecule has 0 bridgehead atoms. The van der Waals surface area contributed by atoms with Crippen LogP contribution < -0.4 is 4.74 Å². The van der Waals surface area contributed by atoms with Crippen LogP contribution in [0.1, 0.15) is 32.6 Å². The number of ketones is 1. The molecule has 5 nitrogen and oxygen atoms in total. The van der Waals surface area contributed by atoms with Crippen molar-refractivity contribution in [1.82, 2.24) is 4.40 Å². The fraction of sp³-hybridized carbons (Fsp3) is 0.111. The summed E-state index contributed by atoms with van der Waals surface area (Å²) in [6.07, 6.45) is 1.84. The van der Waals surface area contributed by atoms with E-state index >= 15 is 0 Å². The quantitative estimate of drug-likeness (QED) is 0.225. The minimum atomic E-state index is -0.435. The van der Waals surface area contributed by atoms with Gasteiger partial charge in [-0.25, -0.2) is 4.79 Å². The lowest BCUT2D eigenvalue weighted by atomic mass is 10.1. The van der Waals surface area contributed by atoms with E-state index in [1.807, 2.05) is 72.9 Å². The molecule has 0 atom stereocenters. The van der Waals surface area contributed by atoms with Crippen molar-refractivity contribution in [1.29, 1.82) is 0 Å². The number of methoxy groups -OCH3 is 1. The van der Waals surface area contributed by atoms with E-state index in [9.17, 15) is 9.59 Å². The van der Waals surface area contributed by atoms with Gasteiger partial charge < -0.3 is 13.9 Å². The molecule has 0 N–H and O–H groups in total. The second kappa shape index (κ2) is 8.56. The molecule has 2 aromatic carbocycles. The fourth-order valence-electron chi connectivity index (χ4n) is 4.00. The predicted molar refractivity (Wildman–Crippen MR) is 131 cm³/mol. The van der Waals surface area contributed by atoms with Crippen molar-refractivity contribution in [2.24, 2.45) is 0 Å². The van der Waals surface area contributed by atoms with Crippen LogP contribution in [-0.4, -0.2) is 29.9 Å². The molecule has 0 aliphatic rings. The summed E-state index contributed by atoms with van der Waals surface area (Å²) in [5.41, 5.74) is 2.52. The standard InChI is InChI=1S/C27H21NO4S/c1-3-32-27(30)21-16-22(28-15-14-17-6-4-5-7-20(17)25(21)28)26(29)24-13-12-23(33-24)18-8-10-19(31-2)11-9-18/h4-16H,3H2,1-2H3. The first-order chi connectivity index (χ1) is 16.1. The third-order valence-electron chi connectivity index (χ3n) is 5.59. The minimum absolute atomic E-state index is 0.138. The topological polar surface area (TPSA) is 57.0 Å². The molecule has 0 radical (unpaired) electrons.